The molecule has 1 saturated heterocycles. The van der Waals surface area contributed by atoms with Crippen molar-refractivity contribution in [2.45, 2.75) is 124 Å². The second-order valence-corrected chi connectivity index (χ2v) is 14.1. The standard InChI is InChI=1S/C35H66N4O6/c1-13-24(6)33(38(10)35(43)26(22(2)3)20-29(41)32(23(4)5)37(8)9)30(44-11)21-31(42)39-19-15-16-27(39)34(45-12)25(7)28(40)17-14-18-36/h22-27,30,32-34H,13-21,36H2,1-12H3/t24-,25-,26-,27-,30+,32-,33-,34+/m0/s1. The summed E-state index contributed by atoms with van der Waals surface area (Å²) < 4.78 is 11.8. The summed E-state index contributed by atoms with van der Waals surface area (Å²) in [6.07, 6.45) is 2.74. The van der Waals surface area contributed by atoms with Crippen LogP contribution in [0.3, 0.4) is 0 Å². The average molecular weight is 639 g/mol. The van der Waals surface area contributed by atoms with E-state index in [1.54, 1.807) is 26.2 Å². The Hall–Kier alpha value is -1.88. The molecule has 10 heteroatoms. The van der Waals surface area contributed by atoms with E-state index in [9.17, 15) is 19.2 Å². The molecule has 2 N–H and O–H groups in total. The maximum Gasteiger partial charge on any atom is 0.226 e. The van der Waals surface area contributed by atoms with Crippen molar-refractivity contribution in [3.63, 3.8) is 0 Å². The van der Waals surface area contributed by atoms with E-state index in [4.69, 9.17) is 15.2 Å². The smallest absolute Gasteiger partial charge is 0.226 e. The number of Topliss-reactive ketones (excluding diaryl/α,β-unsaturated/α-hetero) is 2. The van der Waals surface area contributed by atoms with Crippen molar-refractivity contribution in [3.05, 3.63) is 0 Å². The van der Waals surface area contributed by atoms with Crippen molar-refractivity contribution in [1.29, 1.82) is 0 Å². The number of ketones is 2. The fourth-order valence-electron chi connectivity index (χ4n) is 7.31. The highest BCUT2D eigenvalue weighted by Crippen LogP contribution is 2.31. The molecule has 0 radical (unpaired) electrons. The van der Waals surface area contributed by atoms with Crippen molar-refractivity contribution < 1.29 is 28.7 Å². The number of nitrogens with zero attached hydrogens (tertiary/aromatic N) is 3. The maximum atomic E-state index is 14.2. The van der Waals surface area contributed by atoms with Crippen molar-refractivity contribution in [1.82, 2.24) is 14.7 Å². The number of hydrogen-bond acceptors (Lipinski definition) is 8. The van der Waals surface area contributed by atoms with Crippen LogP contribution >= 0.6 is 0 Å². The van der Waals surface area contributed by atoms with Gasteiger partial charge >= 0.3 is 0 Å². The van der Waals surface area contributed by atoms with E-state index >= 15 is 0 Å². The first-order valence-corrected chi connectivity index (χ1v) is 17.1. The highest BCUT2D eigenvalue weighted by molar-refractivity contribution is 5.90. The number of likely N-dealkylation sites (N-methyl/N-ethyl adjacent to an activating group) is 2. The van der Waals surface area contributed by atoms with Gasteiger partial charge in [-0.1, -0.05) is 54.9 Å². The topological polar surface area (TPSA) is 122 Å². The second kappa shape index (κ2) is 19.7. The van der Waals surface area contributed by atoms with Gasteiger partial charge in [0.2, 0.25) is 11.8 Å². The summed E-state index contributed by atoms with van der Waals surface area (Å²) in [5.74, 6) is -0.688. The Morgan fingerprint density at radius 3 is 2.00 bits per heavy atom. The van der Waals surface area contributed by atoms with Crippen LogP contribution in [0.4, 0.5) is 0 Å². The van der Waals surface area contributed by atoms with Gasteiger partial charge in [-0.25, -0.2) is 0 Å². The molecule has 262 valence electrons. The number of methoxy groups -OCH3 is 2. The number of amides is 2. The van der Waals surface area contributed by atoms with E-state index in [2.05, 4.69) is 13.8 Å². The first kappa shape index (κ1) is 41.1. The summed E-state index contributed by atoms with van der Waals surface area (Å²) in [5.41, 5.74) is 5.62. The molecule has 0 bridgehead atoms. The van der Waals surface area contributed by atoms with Gasteiger partial charge in [0.1, 0.15) is 5.78 Å². The summed E-state index contributed by atoms with van der Waals surface area (Å²) in [4.78, 5) is 59.9. The maximum absolute atomic E-state index is 14.2. The Kier molecular flexibility index (Phi) is 18.0. The number of hydrogen-bond donors (Lipinski definition) is 1. The van der Waals surface area contributed by atoms with Gasteiger partial charge in [-0.05, 0) is 57.7 Å². The van der Waals surface area contributed by atoms with E-state index in [1.165, 1.54) is 0 Å². The fraction of sp³-hybridized carbons (Fsp3) is 0.886. The molecule has 0 aromatic carbocycles. The highest BCUT2D eigenvalue weighted by Gasteiger charge is 2.43. The van der Waals surface area contributed by atoms with E-state index < -0.39 is 18.1 Å². The van der Waals surface area contributed by atoms with Gasteiger partial charge in [0.25, 0.3) is 0 Å². The first-order chi connectivity index (χ1) is 21.1. The van der Waals surface area contributed by atoms with Gasteiger partial charge in [-0.2, -0.15) is 0 Å². The third-order valence-electron chi connectivity index (χ3n) is 10.0. The summed E-state index contributed by atoms with van der Waals surface area (Å²) in [5, 5.41) is 0. The lowest BCUT2D eigenvalue weighted by Crippen LogP contribution is -2.54. The minimum absolute atomic E-state index is 0.0371. The zero-order chi connectivity index (χ0) is 34.6. The van der Waals surface area contributed by atoms with Gasteiger partial charge in [-0.15, -0.1) is 0 Å². The molecular weight excluding hydrogens is 572 g/mol. The molecule has 0 spiro atoms. The van der Waals surface area contributed by atoms with Gasteiger partial charge in [0, 0.05) is 52.5 Å². The van der Waals surface area contributed by atoms with E-state index in [-0.39, 0.29) is 78.0 Å². The van der Waals surface area contributed by atoms with Gasteiger partial charge < -0.3 is 25.0 Å². The van der Waals surface area contributed by atoms with E-state index in [0.717, 1.165) is 19.3 Å². The van der Waals surface area contributed by atoms with Crippen LogP contribution in [0.1, 0.15) is 93.4 Å². The molecule has 45 heavy (non-hydrogen) atoms. The predicted molar refractivity (Wildman–Crippen MR) is 180 cm³/mol. The Morgan fingerprint density at radius 2 is 1.53 bits per heavy atom. The average Bonchev–Trinajstić information content (AvgIpc) is 3.46. The van der Waals surface area contributed by atoms with E-state index in [0.29, 0.717) is 25.9 Å². The summed E-state index contributed by atoms with van der Waals surface area (Å²) >= 11 is 0. The van der Waals surface area contributed by atoms with Crippen molar-refractivity contribution in [3.8, 4) is 0 Å². The SMILES string of the molecule is CC[C@H](C)[C@@H]([C@@H](CC(=O)N1CCC[C@H]1[C@H](OC)[C@@H](C)C(=O)CCCN)OC)N(C)C(=O)[C@@H](CC(=O)[C@H](C(C)C)N(C)C)C(C)C. The van der Waals surface area contributed by atoms with Crippen LogP contribution < -0.4 is 5.73 Å². The Labute approximate surface area is 274 Å². The molecule has 0 unspecified atom stereocenters. The van der Waals surface area contributed by atoms with Gasteiger partial charge in [0.15, 0.2) is 5.78 Å². The largest absolute Gasteiger partial charge is 0.379 e. The quantitative estimate of drug-likeness (QED) is 0.200. The molecule has 8 atom stereocenters. The highest BCUT2D eigenvalue weighted by atomic mass is 16.5. The number of rotatable bonds is 21. The number of ether oxygens (including phenoxy) is 2. The van der Waals surface area contributed by atoms with Crippen molar-refractivity contribution in [2.24, 2.45) is 35.3 Å². The monoisotopic (exact) mass is 638 g/mol. The lowest BCUT2D eigenvalue weighted by molar-refractivity contribution is -0.149. The van der Waals surface area contributed by atoms with Crippen LogP contribution in [0.5, 0.6) is 0 Å². The molecule has 1 aliphatic heterocycles. The summed E-state index contributed by atoms with van der Waals surface area (Å²) in [6, 6.07) is -0.833. The normalized spacial score (nSPS) is 20.2. The summed E-state index contributed by atoms with van der Waals surface area (Å²) in [6.45, 7) is 15.1. The van der Waals surface area contributed by atoms with E-state index in [1.807, 2.05) is 58.5 Å². The molecule has 0 aliphatic carbocycles. The molecule has 10 nitrogen and oxygen atoms in total. The molecule has 2 amide bonds. The lowest BCUT2D eigenvalue weighted by atomic mass is 9.83. The number of nitrogens with two attached hydrogens (primary N) is 1. The number of carbonyl (C=O) groups excluding carboxylic acids is 4. The van der Waals surface area contributed by atoms with Gasteiger partial charge in [-0.3, -0.25) is 24.1 Å². The molecule has 0 aromatic heterocycles. The predicted octanol–water partition coefficient (Wildman–Crippen LogP) is 4.03. The Bertz CT molecular complexity index is 933. The number of carbonyl (C=O) groups is 4. The zero-order valence-corrected chi connectivity index (χ0v) is 30.5. The van der Waals surface area contributed by atoms with Crippen molar-refractivity contribution in [2.75, 3.05) is 48.5 Å². The first-order valence-electron chi connectivity index (χ1n) is 17.1. The fourth-order valence-corrected chi connectivity index (χ4v) is 7.31. The van der Waals surface area contributed by atoms with Crippen LogP contribution in [0.15, 0.2) is 0 Å². The minimum atomic E-state index is -0.541. The summed E-state index contributed by atoms with van der Waals surface area (Å²) in [7, 11) is 8.79. The molecule has 0 saturated carbocycles. The second-order valence-electron chi connectivity index (χ2n) is 14.1. The Balaban J connectivity index is 3.25. The molecule has 0 aromatic rings. The van der Waals surface area contributed by atoms with Crippen LogP contribution in [0, 0.1) is 29.6 Å². The minimum Gasteiger partial charge on any atom is -0.379 e. The van der Waals surface area contributed by atoms with Crippen LogP contribution in [0.25, 0.3) is 0 Å². The lowest BCUT2D eigenvalue weighted by Gasteiger charge is -2.41. The molecule has 1 heterocycles. The zero-order valence-electron chi connectivity index (χ0n) is 30.5. The van der Waals surface area contributed by atoms with Crippen LogP contribution in [0.2, 0.25) is 0 Å². The van der Waals surface area contributed by atoms with Crippen LogP contribution in [-0.2, 0) is 28.7 Å². The molecule has 1 fully saturated rings. The molecular formula is C35H66N4O6. The van der Waals surface area contributed by atoms with Gasteiger partial charge in [0.05, 0.1) is 36.8 Å². The molecule has 1 rings (SSSR count). The third-order valence-corrected chi connectivity index (χ3v) is 10.0. The number of likely N-dealkylation sites (tertiary alicyclic amines) is 1. The molecule has 1 aliphatic rings. The Morgan fingerprint density at radius 1 is 0.911 bits per heavy atom. The van der Waals surface area contributed by atoms with Crippen LogP contribution in [-0.4, -0.2) is 117 Å². The third kappa shape index (κ3) is 11.1. The van der Waals surface area contributed by atoms with Crippen molar-refractivity contribution >= 4 is 23.4 Å².